The van der Waals surface area contributed by atoms with Gasteiger partial charge in [-0.15, -0.1) is 11.3 Å². The molecule has 70 valence electrons. The summed E-state index contributed by atoms with van der Waals surface area (Å²) >= 11 is 5.14. The summed E-state index contributed by atoms with van der Waals surface area (Å²) in [6.07, 6.45) is 0.611. The molecule has 1 saturated heterocycles. The van der Waals surface area contributed by atoms with E-state index < -0.39 is 0 Å². The van der Waals surface area contributed by atoms with E-state index >= 15 is 0 Å². The summed E-state index contributed by atoms with van der Waals surface area (Å²) in [4.78, 5) is 12.4. The minimum absolute atomic E-state index is 0.00771. The Morgan fingerprint density at radius 2 is 2.38 bits per heavy atom. The molecule has 1 unspecified atom stereocenters. The van der Waals surface area contributed by atoms with E-state index in [2.05, 4.69) is 34.2 Å². The van der Waals surface area contributed by atoms with E-state index in [-0.39, 0.29) is 11.3 Å². The molecule has 2 heterocycles. The van der Waals surface area contributed by atoms with Gasteiger partial charge in [0.05, 0.1) is 3.79 Å². The molecule has 2 nitrogen and oxygen atoms in total. The van der Waals surface area contributed by atoms with Gasteiger partial charge in [0.15, 0.2) is 0 Å². The fourth-order valence-electron chi connectivity index (χ4n) is 1.59. The van der Waals surface area contributed by atoms with Gasteiger partial charge in [0.2, 0.25) is 5.91 Å². The summed E-state index contributed by atoms with van der Waals surface area (Å²) in [5.74, 6) is 0.159. The molecule has 1 aromatic rings. The quantitative estimate of drug-likeness (QED) is 0.824. The Bertz CT molecular complexity index is 349. The smallest absolute Gasteiger partial charge is 0.221 e. The number of hydrogen-bond acceptors (Lipinski definition) is 2. The number of carbonyl (C=O) groups is 1. The molecule has 0 bridgehead atoms. The van der Waals surface area contributed by atoms with E-state index in [0.717, 1.165) is 10.3 Å². The Morgan fingerprint density at radius 3 is 2.85 bits per heavy atom. The SMILES string of the molecule is CC1(c2ccc(Br)s2)CNC(=O)C1. The van der Waals surface area contributed by atoms with Crippen molar-refractivity contribution in [1.82, 2.24) is 5.32 Å². The van der Waals surface area contributed by atoms with Crippen LogP contribution in [0.25, 0.3) is 0 Å². The lowest BCUT2D eigenvalue weighted by Crippen LogP contribution is -2.23. The Morgan fingerprint density at radius 1 is 1.62 bits per heavy atom. The van der Waals surface area contributed by atoms with Crippen LogP contribution in [-0.4, -0.2) is 12.5 Å². The first-order valence-electron chi connectivity index (χ1n) is 4.13. The third kappa shape index (κ3) is 1.65. The molecule has 1 aliphatic heterocycles. The Labute approximate surface area is 89.5 Å². The Balaban J connectivity index is 2.30. The molecule has 1 fully saturated rings. The number of halogens is 1. The first-order chi connectivity index (χ1) is 6.10. The van der Waals surface area contributed by atoms with Crippen LogP contribution in [-0.2, 0) is 10.2 Å². The van der Waals surface area contributed by atoms with Crippen LogP contribution < -0.4 is 5.32 Å². The van der Waals surface area contributed by atoms with Gasteiger partial charge in [-0.1, -0.05) is 6.92 Å². The van der Waals surface area contributed by atoms with Gasteiger partial charge in [-0.2, -0.15) is 0 Å². The number of thiophene rings is 1. The molecule has 4 heteroatoms. The monoisotopic (exact) mass is 259 g/mol. The van der Waals surface area contributed by atoms with Crippen molar-refractivity contribution in [1.29, 1.82) is 0 Å². The summed E-state index contributed by atoms with van der Waals surface area (Å²) < 4.78 is 1.13. The predicted octanol–water partition coefficient (Wildman–Crippen LogP) is 2.29. The minimum atomic E-state index is 0.00771. The first-order valence-corrected chi connectivity index (χ1v) is 5.74. The molecule has 0 saturated carbocycles. The summed E-state index contributed by atoms with van der Waals surface area (Å²) in [6.45, 7) is 2.89. The predicted molar refractivity (Wildman–Crippen MR) is 57.0 cm³/mol. The summed E-state index contributed by atoms with van der Waals surface area (Å²) in [5, 5.41) is 2.87. The second-order valence-electron chi connectivity index (χ2n) is 3.62. The van der Waals surface area contributed by atoms with Crippen molar-refractivity contribution in [2.75, 3.05) is 6.54 Å². The lowest BCUT2D eigenvalue weighted by Gasteiger charge is -2.18. The molecule has 1 amide bonds. The fourth-order valence-corrected chi connectivity index (χ4v) is 3.11. The van der Waals surface area contributed by atoms with Gasteiger partial charge in [-0.05, 0) is 28.1 Å². The van der Waals surface area contributed by atoms with Gasteiger partial charge in [0.25, 0.3) is 0 Å². The second kappa shape index (κ2) is 3.10. The van der Waals surface area contributed by atoms with Gasteiger partial charge in [0.1, 0.15) is 0 Å². The van der Waals surface area contributed by atoms with E-state index in [9.17, 15) is 4.79 Å². The Kier molecular flexibility index (Phi) is 2.20. The fraction of sp³-hybridized carbons (Fsp3) is 0.444. The van der Waals surface area contributed by atoms with Crippen molar-refractivity contribution in [2.45, 2.75) is 18.8 Å². The number of hydrogen-bond donors (Lipinski definition) is 1. The number of carbonyl (C=O) groups excluding carboxylic acids is 1. The van der Waals surface area contributed by atoms with Crippen LogP contribution in [0.3, 0.4) is 0 Å². The largest absolute Gasteiger partial charge is 0.355 e. The highest BCUT2D eigenvalue weighted by molar-refractivity contribution is 9.11. The zero-order valence-corrected chi connectivity index (χ0v) is 9.67. The molecule has 1 aliphatic rings. The van der Waals surface area contributed by atoms with Gasteiger partial charge in [-0.3, -0.25) is 4.79 Å². The van der Waals surface area contributed by atoms with Gasteiger partial charge < -0.3 is 5.32 Å². The molecule has 1 aromatic heterocycles. The van der Waals surface area contributed by atoms with Gasteiger partial charge >= 0.3 is 0 Å². The summed E-state index contributed by atoms with van der Waals surface area (Å²) in [7, 11) is 0. The Hall–Kier alpha value is -0.350. The van der Waals surface area contributed by atoms with E-state index in [1.54, 1.807) is 11.3 Å². The zero-order chi connectivity index (χ0) is 9.47. The molecule has 0 aliphatic carbocycles. The van der Waals surface area contributed by atoms with Crippen molar-refractivity contribution in [3.05, 3.63) is 20.8 Å². The van der Waals surface area contributed by atoms with Crippen molar-refractivity contribution < 1.29 is 4.79 Å². The average molecular weight is 260 g/mol. The molecule has 13 heavy (non-hydrogen) atoms. The highest BCUT2D eigenvalue weighted by atomic mass is 79.9. The zero-order valence-electron chi connectivity index (χ0n) is 7.26. The van der Waals surface area contributed by atoms with Gasteiger partial charge in [-0.25, -0.2) is 0 Å². The normalized spacial score (nSPS) is 27.7. The standard InChI is InChI=1S/C9H10BrNOS/c1-9(4-8(12)11-5-9)6-2-3-7(10)13-6/h2-3H,4-5H2,1H3,(H,11,12). The van der Waals surface area contributed by atoms with Crippen LogP contribution in [0.1, 0.15) is 18.2 Å². The molecule has 0 aromatic carbocycles. The maximum atomic E-state index is 11.1. The number of nitrogens with one attached hydrogen (secondary N) is 1. The van der Waals surface area contributed by atoms with Crippen LogP contribution in [0, 0.1) is 0 Å². The lowest BCUT2D eigenvalue weighted by molar-refractivity contribution is -0.119. The topological polar surface area (TPSA) is 29.1 Å². The van der Waals surface area contributed by atoms with Crippen LogP contribution in [0.4, 0.5) is 0 Å². The molecular weight excluding hydrogens is 250 g/mol. The van der Waals surface area contributed by atoms with E-state index in [1.165, 1.54) is 4.88 Å². The minimum Gasteiger partial charge on any atom is -0.355 e. The first kappa shape index (κ1) is 9.21. The summed E-state index contributed by atoms with van der Waals surface area (Å²) in [6, 6.07) is 4.13. The maximum absolute atomic E-state index is 11.1. The van der Waals surface area contributed by atoms with Crippen molar-refractivity contribution >= 4 is 33.2 Å². The molecule has 1 atom stereocenters. The van der Waals surface area contributed by atoms with Crippen LogP contribution in [0.2, 0.25) is 0 Å². The second-order valence-corrected chi connectivity index (χ2v) is 6.08. The molecule has 0 spiro atoms. The third-order valence-corrected chi connectivity index (χ3v) is 4.32. The van der Waals surface area contributed by atoms with E-state index in [1.807, 2.05) is 6.07 Å². The average Bonchev–Trinajstić information content (AvgIpc) is 2.60. The van der Waals surface area contributed by atoms with Crippen molar-refractivity contribution in [2.24, 2.45) is 0 Å². The molecule has 1 N–H and O–H groups in total. The highest BCUT2D eigenvalue weighted by Gasteiger charge is 2.36. The summed E-state index contributed by atoms with van der Waals surface area (Å²) in [5.41, 5.74) is 0.00771. The highest BCUT2D eigenvalue weighted by Crippen LogP contribution is 2.36. The number of rotatable bonds is 1. The molecule has 0 radical (unpaired) electrons. The van der Waals surface area contributed by atoms with Crippen molar-refractivity contribution in [3.8, 4) is 0 Å². The van der Waals surface area contributed by atoms with Crippen LogP contribution in [0.5, 0.6) is 0 Å². The van der Waals surface area contributed by atoms with E-state index in [0.29, 0.717) is 6.42 Å². The van der Waals surface area contributed by atoms with E-state index in [4.69, 9.17) is 0 Å². The van der Waals surface area contributed by atoms with Crippen LogP contribution in [0.15, 0.2) is 15.9 Å². The molecule has 2 rings (SSSR count). The number of amides is 1. The van der Waals surface area contributed by atoms with Gasteiger partial charge in [0, 0.05) is 23.3 Å². The lowest BCUT2D eigenvalue weighted by atomic mass is 9.88. The third-order valence-electron chi connectivity index (χ3n) is 2.39. The van der Waals surface area contributed by atoms with Crippen molar-refractivity contribution in [3.63, 3.8) is 0 Å². The molecular formula is C9H10BrNOS. The van der Waals surface area contributed by atoms with Crippen LogP contribution >= 0.6 is 27.3 Å². The maximum Gasteiger partial charge on any atom is 0.221 e.